The summed E-state index contributed by atoms with van der Waals surface area (Å²) in [6.07, 6.45) is -0.931. The van der Waals surface area contributed by atoms with Crippen LogP contribution in [0.2, 0.25) is 0 Å². The van der Waals surface area contributed by atoms with Crippen LogP contribution in [-0.2, 0) is 14.4 Å². The predicted molar refractivity (Wildman–Crippen MR) is 93.9 cm³/mol. The van der Waals surface area contributed by atoms with Gasteiger partial charge < -0.3 is 25.2 Å². The average molecular weight is 380 g/mol. The summed E-state index contributed by atoms with van der Waals surface area (Å²) in [4.78, 5) is 37.5. The van der Waals surface area contributed by atoms with E-state index in [1.54, 1.807) is 26.0 Å². The number of benzene rings is 1. The highest BCUT2D eigenvalue weighted by molar-refractivity contribution is 8.01. The molecule has 8 nitrogen and oxygen atoms in total. The van der Waals surface area contributed by atoms with E-state index in [-0.39, 0.29) is 11.5 Å². The van der Waals surface area contributed by atoms with E-state index in [0.717, 1.165) is 0 Å². The molecule has 2 saturated heterocycles. The maximum Gasteiger partial charge on any atom is 0.327 e. The van der Waals surface area contributed by atoms with E-state index in [4.69, 9.17) is 4.74 Å². The number of rotatable bonds is 5. The summed E-state index contributed by atoms with van der Waals surface area (Å²) in [6.45, 7) is 5.05. The molecule has 9 heteroatoms. The minimum atomic E-state index is -1.06. The number of β-lactam (4-membered cyclic amide) rings is 1. The van der Waals surface area contributed by atoms with Crippen LogP contribution in [0.4, 0.5) is 0 Å². The van der Waals surface area contributed by atoms with E-state index in [0.29, 0.717) is 0 Å². The number of phenols is 1. The Morgan fingerprint density at radius 3 is 2.62 bits per heavy atom. The highest BCUT2D eigenvalue weighted by Gasteiger charge is 2.64. The topological polar surface area (TPSA) is 116 Å². The minimum absolute atomic E-state index is 0.0876. The number of nitrogens with zero attached hydrogens (tertiary/aromatic N) is 1. The molecule has 3 N–H and O–H groups in total. The van der Waals surface area contributed by atoms with Crippen LogP contribution in [0.5, 0.6) is 11.5 Å². The Morgan fingerprint density at radius 1 is 1.35 bits per heavy atom. The second-order valence-corrected chi connectivity index (χ2v) is 8.58. The molecule has 0 bridgehead atoms. The summed E-state index contributed by atoms with van der Waals surface area (Å²) in [5.41, 5.74) is 0. The first-order valence-electron chi connectivity index (χ1n) is 8.11. The van der Waals surface area contributed by atoms with Gasteiger partial charge in [0.1, 0.15) is 17.5 Å². The van der Waals surface area contributed by atoms with Gasteiger partial charge in [0.25, 0.3) is 5.91 Å². The van der Waals surface area contributed by atoms with Crippen molar-refractivity contribution in [2.75, 3.05) is 0 Å². The molecule has 140 valence electrons. The average Bonchev–Trinajstić information content (AvgIpc) is 2.82. The summed E-state index contributed by atoms with van der Waals surface area (Å²) in [7, 11) is 0. The van der Waals surface area contributed by atoms with Crippen molar-refractivity contribution in [2.45, 2.75) is 49.1 Å². The molecule has 2 aliphatic heterocycles. The molecule has 3 rings (SSSR count). The number of para-hydroxylation sites is 2. The zero-order chi connectivity index (χ0) is 19.2. The number of carbonyl (C=O) groups excluding carboxylic acids is 2. The van der Waals surface area contributed by atoms with E-state index >= 15 is 0 Å². The molecule has 2 heterocycles. The van der Waals surface area contributed by atoms with Gasteiger partial charge in [-0.25, -0.2) is 4.79 Å². The van der Waals surface area contributed by atoms with Gasteiger partial charge in [-0.05, 0) is 32.9 Å². The molecule has 2 fully saturated rings. The number of ether oxygens (including phenoxy) is 1. The van der Waals surface area contributed by atoms with Gasteiger partial charge in [0.15, 0.2) is 17.6 Å². The molecule has 2 aliphatic rings. The van der Waals surface area contributed by atoms with Crippen molar-refractivity contribution in [2.24, 2.45) is 0 Å². The Kier molecular flexibility index (Phi) is 4.51. The number of carboxylic acids is 1. The van der Waals surface area contributed by atoms with Crippen molar-refractivity contribution in [1.29, 1.82) is 0 Å². The van der Waals surface area contributed by atoms with Crippen LogP contribution >= 0.6 is 11.8 Å². The van der Waals surface area contributed by atoms with Crippen LogP contribution in [0.1, 0.15) is 20.8 Å². The van der Waals surface area contributed by atoms with Gasteiger partial charge in [-0.3, -0.25) is 9.59 Å². The standard InChI is InChI=1S/C17H20N2O6S/c1-8(25-10-7-5-4-6-9(10)20)13(21)18-11-14(22)19-12(16(23)24)17(2,3)26-15(11)19/h4-8,11-12,15,20H,1-3H3,(H,18,21)(H,23,24). The summed E-state index contributed by atoms with van der Waals surface area (Å²) < 4.78 is 4.79. The Balaban J connectivity index is 1.65. The molecule has 4 atom stereocenters. The number of amides is 2. The zero-order valence-electron chi connectivity index (χ0n) is 14.5. The lowest BCUT2D eigenvalue weighted by atomic mass is 9.96. The monoisotopic (exact) mass is 380 g/mol. The molecule has 1 aromatic rings. The first kappa shape index (κ1) is 18.4. The fourth-order valence-electron chi connectivity index (χ4n) is 3.22. The van der Waals surface area contributed by atoms with Crippen molar-refractivity contribution in [1.82, 2.24) is 10.2 Å². The van der Waals surface area contributed by atoms with E-state index in [1.807, 2.05) is 0 Å². The first-order chi connectivity index (χ1) is 12.1. The molecule has 2 amide bonds. The second-order valence-electron chi connectivity index (χ2n) is 6.81. The normalized spacial score (nSPS) is 27.3. The van der Waals surface area contributed by atoms with Gasteiger partial charge in [-0.15, -0.1) is 11.8 Å². The SMILES string of the molecule is CC(Oc1ccccc1O)C(=O)NC1C(=O)N2C1SC(C)(C)C2C(=O)O. The molecule has 0 radical (unpaired) electrons. The van der Waals surface area contributed by atoms with Crippen LogP contribution in [0, 0.1) is 0 Å². The van der Waals surface area contributed by atoms with E-state index in [9.17, 15) is 24.6 Å². The van der Waals surface area contributed by atoms with Gasteiger partial charge in [0.2, 0.25) is 5.91 Å². The van der Waals surface area contributed by atoms with E-state index in [1.165, 1.54) is 35.7 Å². The van der Waals surface area contributed by atoms with Crippen molar-refractivity contribution in [3.8, 4) is 11.5 Å². The van der Waals surface area contributed by atoms with E-state index in [2.05, 4.69) is 5.32 Å². The fourth-order valence-corrected chi connectivity index (χ4v) is 4.84. The number of fused-ring (bicyclic) bond motifs is 1. The summed E-state index contributed by atoms with van der Waals surface area (Å²) in [6, 6.07) is 4.56. The second kappa shape index (κ2) is 6.39. The predicted octanol–water partition coefficient (Wildman–Crippen LogP) is 0.791. The van der Waals surface area contributed by atoms with Crippen LogP contribution < -0.4 is 10.1 Å². The Labute approximate surface area is 154 Å². The molecule has 0 spiro atoms. The number of thioether (sulfide) groups is 1. The van der Waals surface area contributed by atoms with Gasteiger partial charge in [-0.1, -0.05) is 12.1 Å². The third-order valence-electron chi connectivity index (χ3n) is 4.51. The highest BCUT2D eigenvalue weighted by atomic mass is 32.2. The maximum atomic E-state index is 12.4. The van der Waals surface area contributed by atoms with Crippen molar-refractivity contribution < 1.29 is 29.3 Å². The van der Waals surface area contributed by atoms with Crippen LogP contribution in [-0.4, -0.2) is 61.2 Å². The number of hydrogen-bond acceptors (Lipinski definition) is 6. The summed E-state index contributed by atoms with van der Waals surface area (Å²) in [5.74, 6) is -1.90. The number of nitrogens with one attached hydrogen (secondary N) is 1. The lowest BCUT2D eigenvalue weighted by molar-refractivity contribution is -0.161. The fraction of sp³-hybridized carbons (Fsp3) is 0.471. The van der Waals surface area contributed by atoms with Crippen LogP contribution in [0.15, 0.2) is 24.3 Å². The van der Waals surface area contributed by atoms with Crippen molar-refractivity contribution in [3.63, 3.8) is 0 Å². The van der Waals surface area contributed by atoms with Crippen molar-refractivity contribution >= 4 is 29.5 Å². The number of hydrogen-bond donors (Lipinski definition) is 3. The quantitative estimate of drug-likeness (QED) is 0.647. The lowest BCUT2D eigenvalue weighted by Crippen LogP contribution is -2.71. The molecule has 0 aromatic heterocycles. The Bertz CT molecular complexity index is 767. The zero-order valence-corrected chi connectivity index (χ0v) is 15.3. The largest absolute Gasteiger partial charge is 0.504 e. The molecular weight excluding hydrogens is 360 g/mol. The van der Waals surface area contributed by atoms with Gasteiger partial charge in [0.05, 0.1) is 0 Å². The maximum absolute atomic E-state index is 12.4. The smallest absolute Gasteiger partial charge is 0.327 e. The molecule has 26 heavy (non-hydrogen) atoms. The van der Waals surface area contributed by atoms with Gasteiger partial charge in [0, 0.05) is 4.75 Å². The summed E-state index contributed by atoms with van der Waals surface area (Å²) in [5, 5.41) is 21.3. The molecule has 0 saturated carbocycles. The number of aliphatic carboxylic acids is 1. The minimum Gasteiger partial charge on any atom is -0.504 e. The molecule has 0 aliphatic carbocycles. The first-order valence-corrected chi connectivity index (χ1v) is 8.99. The number of carbonyl (C=O) groups is 3. The van der Waals surface area contributed by atoms with Crippen molar-refractivity contribution in [3.05, 3.63) is 24.3 Å². The Morgan fingerprint density at radius 2 is 2.00 bits per heavy atom. The van der Waals surface area contributed by atoms with Crippen LogP contribution in [0.3, 0.4) is 0 Å². The third kappa shape index (κ3) is 2.96. The number of aromatic hydroxyl groups is 1. The van der Waals surface area contributed by atoms with Gasteiger partial charge >= 0.3 is 5.97 Å². The third-order valence-corrected chi connectivity index (χ3v) is 6.08. The van der Waals surface area contributed by atoms with E-state index < -0.39 is 46.1 Å². The molecule has 4 unspecified atom stereocenters. The number of carboxylic acid groups (broad SMARTS) is 1. The summed E-state index contributed by atoms with van der Waals surface area (Å²) >= 11 is 1.35. The van der Waals surface area contributed by atoms with Crippen LogP contribution in [0.25, 0.3) is 0 Å². The highest BCUT2D eigenvalue weighted by Crippen LogP contribution is 2.50. The Hall–Kier alpha value is -2.42. The molecular formula is C17H20N2O6S. The molecule has 1 aromatic carbocycles. The lowest BCUT2D eigenvalue weighted by Gasteiger charge is -2.43. The number of phenolic OH excluding ortho intramolecular Hbond substituents is 1. The van der Waals surface area contributed by atoms with Gasteiger partial charge in [-0.2, -0.15) is 0 Å².